The van der Waals surface area contributed by atoms with Crippen molar-refractivity contribution >= 4 is 17.9 Å². The van der Waals surface area contributed by atoms with E-state index >= 15 is 0 Å². The van der Waals surface area contributed by atoms with Gasteiger partial charge in [-0.3, -0.25) is 4.79 Å². The van der Waals surface area contributed by atoms with Crippen molar-refractivity contribution in [1.29, 1.82) is 0 Å². The number of unbranched alkanes of at least 4 members (excludes halogenated alkanes) is 1. The van der Waals surface area contributed by atoms with Gasteiger partial charge in [-0.15, -0.1) is 0 Å². The Morgan fingerprint density at radius 1 is 0.979 bits per heavy atom. The van der Waals surface area contributed by atoms with Crippen LogP contribution in [0, 0.1) is 17.8 Å². The summed E-state index contributed by atoms with van der Waals surface area (Å²) in [4.78, 5) is 36.7. The van der Waals surface area contributed by atoms with Crippen LogP contribution in [0.4, 0.5) is 4.79 Å². The SMILES string of the molecule is CCCCNC(=O)[C@H](C)C[C@H](O)[C@H](C[C@H](Cc1ccc(OCCC(=C=O)OCC)c(OCCCOC)c1)C(C)C)NC(=O)OC(C)(C)C. The van der Waals surface area contributed by atoms with E-state index in [2.05, 4.69) is 31.4 Å². The lowest BCUT2D eigenvalue weighted by Gasteiger charge is -2.32. The van der Waals surface area contributed by atoms with Gasteiger partial charge >= 0.3 is 6.09 Å². The zero-order valence-corrected chi connectivity index (χ0v) is 30.8. The number of carbonyl (C=O) groups excluding carboxylic acids is 3. The minimum absolute atomic E-state index is 0.0489. The summed E-state index contributed by atoms with van der Waals surface area (Å²) in [7, 11) is 1.64. The monoisotopic (exact) mass is 678 g/mol. The van der Waals surface area contributed by atoms with Crippen LogP contribution in [0.5, 0.6) is 11.5 Å². The van der Waals surface area contributed by atoms with Gasteiger partial charge in [0.1, 0.15) is 5.60 Å². The summed E-state index contributed by atoms with van der Waals surface area (Å²) in [5, 5.41) is 17.2. The standard InChI is InChI=1S/C37H62N2O9/c1-10-12-17-38-35(42)27(5)21-32(41)31(39-36(43)48-37(6,7)8)24-29(26(3)4)22-28-14-15-33(34(23-28)46-19-13-18-44-9)47-20-16-30(25-40)45-11-2/h14-15,23,26-27,29,31-32,41H,10-13,16-22,24H2,1-9H3,(H,38,42)(H,39,43)/t27-,29+,31+,32+/m1/s1. The zero-order valence-electron chi connectivity index (χ0n) is 30.8. The van der Waals surface area contributed by atoms with Crippen molar-refractivity contribution in [2.45, 2.75) is 118 Å². The molecule has 0 fully saturated rings. The van der Waals surface area contributed by atoms with Crippen LogP contribution in [0.15, 0.2) is 24.0 Å². The highest BCUT2D eigenvalue weighted by atomic mass is 16.6. The molecular weight excluding hydrogens is 616 g/mol. The van der Waals surface area contributed by atoms with E-state index < -0.39 is 29.8 Å². The van der Waals surface area contributed by atoms with Gasteiger partial charge in [0.15, 0.2) is 23.2 Å². The van der Waals surface area contributed by atoms with E-state index in [0.29, 0.717) is 57.1 Å². The number of alkyl carbamates (subject to hydrolysis) is 1. The number of nitrogens with one attached hydrogen (secondary N) is 2. The second kappa shape index (κ2) is 23.1. The molecule has 0 saturated carbocycles. The fraction of sp³-hybridized carbons (Fsp3) is 0.730. The lowest BCUT2D eigenvalue weighted by molar-refractivity contribution is -0.125. The molecule has 48 heavy (non-hydrogen) atoms. The van der Waals surface area contributed by atoms with E-state index in [1.54, 1.807) is 41.7 Å². The fourth-order valence-electron chi connectivity index (χ4n) is 5.06. The van der Waals surface area contributed by atoms with E-state index in [1.165, 1.54) is 0 Å². The number of carbonyl (C=O) groups is 2. The Bertz CT molecular complexity index is 1130. The number of rotatable bonds is 24. The Labute approximate surface area is 288 Å². The summed E-state index contributed by atoms with van der Waals surface area (Å²) in [6, 6.07) is 5.14. The van der Waals surface area contributed by atoms with Gasteiger partial charge in [0.05, 0.1) is 38.4 Å². The van der Waals surface area contributed by atoms with Crippen LogP contribution in [0.2, 0.25) is 0 Å². The molecule has 274 valence electrons. The van der Waals surface area contributed by atoms with Crippen molar-refractivity contribution in [3.8, 4) is 11.5 Å². The Morgan fingerprint density at radius 2 is 1.69 bits per heavy atom. The third-order valence-electron chi connectivity index (χ3n) is 7.81. The van der Waals surface area contributed by atoms with Crippen molar-refractivity contribution < 1.29 is 43.2 Å². The molecule has 0 saturated heterocycles. The molecule has 0 radical (unpaired) electrons. The Morgan fingerprint density at radius 3 is 2.29 bits per heavy atom. The maximum Gasteiger partial charge on any atom is 0.407 e. The molecule has 0 spiro atoms. The fourth-order valence-corrected chi connectivity index (χ4v) is 5.06. The molecule has 0 bridgehead atoms. The van der Waals surface area contributed by atoms with Crippen molar-refractivity contribution in [2.75, 3.05) is 40.1 Å². The van der Waals surface area contributed by atoms with Crippen LogP contribution in [0.25, 0.3) is 0 Å². The normalized spacial score (nSPS) is 13.9. The molecule has 0 aliphatic rings. The first-order valence-corrected chi connectivity index (χ1v) is 17.4. The Hall–Kier alpha value is -3.27. The summed E-state index contributed by atoms with van der Waals surface area (Å²) in [6.45, 7) is 17.4. The highest BCUT2D eigenvalue weighted by Crippen LogP contribution is 2.32. The molecule has 0 unspecified atom stereocenters. The third-order valence-corrected chi connectivity index (χ3v) is 7.81. The lowest BCUT2D eigenvalue weighted by atomic mass is 9.82. The van der Waals surface area contributed by atoms with E-state index in [0.717, 1.165) is 18.4 Å². The number of methoxy groups -OCH3 is 1. The molecule has 0 heterocycles. The van der Waals surface area contributed by atoms with Crippen LogP contribution < -0.4 is 20.1 Å². The predicted octanol–water partition coefficient (Wildman–Crippen LogP) is 6.02. The average molecular weight is 679 g/mol. The van der Waals surface area contributed by atoms with Gasteiger partial charge in [-0.05, 0) is 82.9 Å². The molecule has 4 atom stereocenters. The zero-order chi connectivity index (χ0) is 36.1. The molecule has 0 aliphatic heterocycles. The molecular formula is C37H62N2O9. The van der Waals surface area contributed by atoms with E-state index in [1.807, 2.05) is 24.1 Å². The van der Waals surface area contributed by atoms with E-state index in [4.69, 9.17) is 23.7 Å². The van der Waals surface area contributed by atoms with Gasteiger partial charge in [-0.25, -0.2) is 9.59 Å². The predicted molar refractivity (Wildman–Crippen MR) is 187 cm³/mol. The van der Waals surface area contributed by atoms with Gasteiger partial charge in [-0.1, -0.05) is 40.2 Å². The molecule has 11 heteroatoms. The molecule has 1 aromatic rings. The minimum Gasteiger partial charge on any atom is -0.490 e. The van der Waals surface area contributed by atoms with E-state index in [-0.39, 0.29) is 43.0 Å². The number of aliphatic hydroxyl groups excluding tert-OH is 1. The quantitative estimate of drug-likeness (QED) is 0.0680. The van der Waals surface area contributed by atoms with Gasteiger partial charge in [0, 0.05) is 32.6 Å². The number of ether oxygens (including phenoxy) is 5. The maximum atomic E-state index is 12.9. The number of benzene rings is 1. The molecule has 0 aromatic heterocycles. The first-order chi connectivity index (χ1) is 22.7. The van der Waals surface area contributed by atoms with Crippen LogP contribution in [0.1, 0.15) is 99.5 Å². The van der Waals surface area contributed by atoms with Crippen molar-refractivity contribution in [3.63, 3.8) is 0 Å². The summed E-state index contributed by atoms with van der Waals surface area (Å²) in [6.07, 6.45) is 2.55. The molecule has 3 N–H and O–H groups in total. The summed E-state index contributed by atoms with van der Waals surface area (Å²) < 4.78 is 28.1. The van der Waals surface area contributed by atoms with Crippen molar-refractivity contribution in [3.05, 3.63) is 29.5 Å². The summed E-state index contributed by atoms with van der Waals surface area (Å²) >= 11 is 0. The third kappa shape index (κ3) is 17.8. The molecule has 2 amide bonds. The maximum absolute atomic E-state index is 12.9. The van der Waals surface area contributed by atoms with Gasteiger partial charge < -0.3 is 39.4 Å². The van der Waals surface area contributed by atoms with Gasteiger partial charge in [0.2, 0.25) is 5.91 Å². The lowest BCUT2D eigenvalue weighted by Crippen LogP contribution is -2.48. The van der Waals surface area contributed by atoms with Crippen LogP contribution >= 0.6 is 0 Å². The highest BCUT2D eigenvalue weighted by molar-refractivity contribution is 5.78. The Balaban J connectivity index is 3.22. The highest BCUT2D eigenvalue weighted by Gasteiger charge is 2.31. The first kappa shape index (κ1) is 42.8. The number of hydrogen-bond acceptors (Lipinski definition) is 9. The molecule has 0 aliphatic carbocycles. The van der Waals surface area contributed by atoms with Crippen LogP contribution in [0.3, 0.4) is 0 Å². The summed E-state index contributed by atoms with van der Waals surface area (Å²) in [5.41, 5.74) is 0.293. The largest absolute Gasteiger partial charge is 0.490 e. The number of hydrogen-bond donors (Lipinski definition) is 3. The van der Waals surface area contributed by atoms with E-state index in [9.17, 15) is 19.5 Å². The van der Waals surface area contributed by atoms with Crippen molar-refractivity contribution in [1.82, 2.24) is 10.6 Å². The second-order valence-electron chi connectivity index (χ2n) is 13.6. The van der Waals surface area contributed by atoms with Gasteiger partial charge in [-0.2, -0.15) is 0 Å². The first-order valence-electron chi connectivity index (χ1n) is 17.4. The topological polar surface area (TPSA) is 142 Å². The second-order valence-corrected chi connectivity index (χ2v) is 13.6. The average Bonchev–Trinajstić information content (AvgIpc) is 3.01. The van der Waals surface area contributed by atoms with Gasteiger partial charge in [0.25, 0.3) is 0 Å². The molecule has 1 aromatic carbocycles. The minimum atomic E-state index is -0.969. The smallest absolute Gasteiger partial charge is 0.407 e. The number of amides is 2. The Kier molecular flexibility index (Phi) is 20.6. The number of aliphatic hydroxyl groups is 1. The molecule has 11 nitrogen and oxygen atoms in total. The van der Waals surface area contributed by atoms with Crippen LogP contribution in [-0.2, 0) is 30.2 Å². The van der Waals surface area contributed by atoms with Crippen LogP contribution in [-0.4, -0.2) is 80.9 Å². The summed E-state index contributed by atoms with van der Waals surface area (Å²) in [5.74, 6) is 2.84. The molecule has 1 rings (SSSR count). The van der Waals surface area contributed by atoms with Crippen molar-refractivity contribution in [2.24, 2.45) is 17.8 Å².